The molecular weight excluding hydrogens is 324 g/mol. The zero-order chi connectivity index (χ0) is 18.5. The number of aryl methyl sites for hydroxylation is 2. The fourth-order valence-corrected chi connectivity index (χ4v) is 3.19. The Morgan fingerprint density at radius 1 is 1.04 bits per heavy atom. The quantitative estimate of drug-likeness (QED) is 0.795. The van der Waals surface area contributed by atoms with E-state index in [1.54, 1.807) is 0 Å². The summed E-state index contributed by atoms with van der Waals surface area (Å²) in [7, 11) is 0. The van der Waals surface area contributed by atoms with Crippen molar-refractivity contribution >= 4 is 5.82 Å². The molecule has 5 heteroatoms. The Morgan fingerprint density at radius 3 is 2.50 bits per heavy atom. The largest absolute Gasteiger partial charge is 0.492 e. The van der Waals surface area contributed by atoms with Crippen molar-refractivity contribution in [2.45, 2.75) is 33.6 Å². The average Bonchev–Trinajstić information content (AvgIpc) is 2.62. The van der Waals surface area contributed by atoms with Gasteiger partial charge in [-0.1, -0.05) is 26.0 Å². The molecule has 3 rings (SSSR count). The third kappa shape index (κ3) is 4.94. The van der Waals surface area contributed by atoms with Crippen molar-refractivity contribution in [3.8, 4) is 5.75 Å². The van der Waals surface area contributed by atoms with Crippen LogP contribution in [0.25, 0.3) is 0 Å². The number of nitrogens with zero attached hydrogens (tertiary/aromatic N) is 4. The number of ether oxygens (including phenoxy) is 1. The van der Waals surface area contributed by atoms with E-state index in [0.717, 1.165) is 62.4 Å². The molecule has 2 heterocycles. The third-order valence-electron chi connectivity index (χ3n) is 4.74. The summed E-state index contributed by atoms with van der Waals surface area (Å²) in [6, 6.07) is 10.3. The van der Waals surface area contributed by atoms with Gasteiger partial charge in [-0.15, -0.1) is 0 Å². The molecule has 1 fully saturated rings. The Kier molecular flexibility index (Phi) is 6.09. The van der Waals surface area contributed by atoms with Crippen LogP contribution in [0.5, 0.6) is 5.75 Å². The van der Waals surface area contributed by atoms with Gasteiger partial charge >= 0.3 is 0 Å². The van der Waals surface area contributed by atoms with Gasteiger partial charge in [-0.05, 0) is 31.5 Å². The molecule has 2 aromatic rings. The molecule has 0 bridgehead atoms. The maximum absolute atomic E-state index is 5.88. The molecule has 0 atom stereocenters. The van der Waals surface area contributed by atoms with Crippen LogP contribution in [0.1, 0.15) is 36.8 Å². The lowest BCUT2D eigenvalue weighted by Crippen LogP contribution is -2.47. The lowest BCUT2D eigenvalue weighted by molar-refractivity contribution is 0.200. The van der Waals surface area contributed by atoms with E-state index in [0.29, 0.717) is 5.92 Å². The summed E-state index contributed by atoms with van der Waals surface area (Å²) in [6.07, 6.45) is 0. The molecule has 1 aromatic heterocycles. The first kappa shape index (κ1) is 18.6. The van der Waals surface area contributed by atoms with Crippen molar-refractivity contribution in [3.05, 3.63) is 47.4 Å². The molecule has 5 nitrogen and oxygen atoms in total. The normalized spacial score (nSPS) is 15.5. The van der Waals surface area contributed by atoms with Crippen LogP contribution in [0, 0.1) is 13.8 Å². The van der Waals surface area contributed by atoms with Gasteiger partial charge in [0.15, 0.2) is 0 Å². The molecule has 1 saturated heterocycles. The predicted molar refractivity (Wildman–Crippen MR) is 106 cm³/mol. The first-order valence-corrected chi connectivity index (χ1v) is 9.53. The van der Waals surface area contributed by atoms with Crippen LogP contribution in [0.2, 0.25) is 0 Å². The van der Waals surface area contributed by atoms with E-state index in [1.807, 2.05) is 12.1 Å². The zero-order valence-corrected chi connectivity index (χ0v) is 16.4. The van der Waals surface area contributed by atoms with Crippen molar-refractivity contribution in [1.82, 2.24) is 14.9 Å². The highest BCUT2D eigenvalue weighted by molar-refractivity contribution is 5.40. The number of piperazine rings is 1. The van der Waals surface area contributed by atoms with Gasteiger partial charge in [0.2, 0.25) is 0 Å². The predicted octanol–water partition coefficient (Wildman–Crippen LogP) is 3.42. The molecule has 0 amide bonds. The van der Waals surface area contributed by atoms with E-state index in [9.17, 15) is 0 Å². The number of rotatable bonds is 6. The fraction of sp³-hybridized carbons (Fsp3) is 0.524. The molecule has 0 aliphatic carbocycles. The van der Waals surface area contributed by atoms with E-state index >= 15 is 0 Å². The number of benzene rings is 1. The standard InChI is InChI=1S/C21H30N4O/c1-16(2)21-22-18(4)15-20(23-21)25-10-8-24(9-11-25)12-13-26-19-7-5-6-17(3)14-19/h5-7,14-16H,8-13H2,1-4H3. The van der Waals surface area contributed by atoms with Crippen molar-refractivity contribution in [2.75, 3.05) is 44.2 Å². The molecule has 26 heavy (non-hydrogen) atoms. The molecule has 140 valence electrons. The summed E-state index contributed by atoms with van der Waals surface area (Å²) >= 11 is 0. The van der Waals surface area contributed by atoms with Gasteiger partial charge in [-0.3, -0.25) is 4.90 Å². The highest BCUT2D eigenvalue weighted by Crippen LogP contribution is 2.19. The molecule has 0 unspecified atom stereocenters. The first-order valence-electron chi connectivity index (χ1n) is 9.53. The topological polar surface area (TPSA) is 41.5 Å². The first-order chi connectivity index (χ1) is 12.5. The van der Waals surface area contributed by atoms with Gasteiger partial charge in [0.25, 0.3) is 0 Å². The summed E-state index contributed by atoms with van der Waals surface area (Å²) in [5.74, 6) is 3.32. The minimum Gasteiger partial charge on any atom is -0.492 e. The Hall–Kier alpha value is -2.14. The van der Waals surface area contributed by atoms with Crippen LogP contribution < -0.4 is 9.64 Å². The lowest BCUT2D eigenvalue weighted by atomic mass is 10.2. The lowest BCUT2D eigenvalue weighted by Gasteiger charge is -2.35. The third-order valence-corrected chi connectivity index (χ3v) is 4.74. The molecule has 0 spiro atoms. The second kappa shape index (κ2) is 8.49. The van der Waals surface area contributed by atoms with Gasteiger partial charge < -0.3 is 9.64 Å². The molecule has 1 aromatic carbocycles. The Balaban J connectivity index is 1.48. The van der Waals surface area contributed by atoms with Crippen LogP contribution in [0.3, 0.4) is 0 Å². The van der Waals surface area contributed by atoms with Crippen LogP contribution in [0.15, 0.2) is 30.3 Å². The van der Waals surface area contributed by atoms with Gasteiger partial charge in [-0.2, -0.15) is 0 Å². The Labute approximate surface area is 157 Å². The van der Waals surface area contributed by atoms with E-state index in [-0.39, 0.29) is 0 Å². The second-order valence-corrected chi connectivity index (χ2v) is 7.37. The van der Waals surface area contributed by atoms with Gasteiger partial charge in [0.1, 0.15) is 24.0 Å². The van der Waals surface area contributed by atoms with Crippen molar-refractivity contribution in [2.24, 2.45) is 0 Å². The highest BCUT2D eigenvalue weighted by Gasteiger charge is 2.19. The fourth-order valence-electron chi connectivity index (χ4n) is 3.19. The van der Waals surface area contributed by atoms with Crippen LogP contribution >= 0.6 is 0 Å². The van der Waals surface area contributed by atoms with Crippen LogP contribution in [0.4, 0.5) is 5.82 Å². The van der Waals surface area contributed by atoms with E-state index in [2.05, 4.69) is 60.7 Å². The summed E-state index contributed by atoms with van der Waals surface area (Å²) in [6.45, 7) is 14.2. The Bertz CT molecular complexity index is 724. The maximum atomic E-state index is 5.88. The molecule has 0 saturated carbocycles. The van der Waals surface area contributed by atoms with Crippen molar-refractivity contribution in [1.29, 1.82) is 0 Å². The molecule has 0 N–H and O–H groups in total. The van der Waals surface area contributed by atoms with Gasteiger partial charge in [-0.25, -0.2) is 9.97 Å². The SMILES string of the molecule is Cc1cccc(OCCN2CCN(c3cc(C)nc(C(C)C)n3)CC2)c1. The molecule has 1 aliphatic heterocycles. The minimum absolute atomic E-state index is 0.355. The summed E-state index contributed by atoms with van der Waals surface area (Å²) < 4.78 is 5.88. The number of aromatic nitrogens is 2. The summed E-state index contributed by atoms with van der Waals surface area (Å²) in [5, 5.41) is 0. The van der Waals surface area contributed by atoms with Crippen LogP contribution in [-0.4, -0.2) is 54.2 Å². The molecule has 1 aliphatic rings. The average molecular weight is 354 g/mol. The number of anilines is 1. The maximum Gasteiger partial charge on any atom is 0.133 e. The van der Waals surface area contributed by atoms with E-state index in [1.165, 1.54) is 5.56 Å². The zero-order valence-electron chi connectivity index (χ0n) is 16.4. The van der Waals surface area contributed by atoms with Crippen molar-refractivity contribution < 1.29 is 4.74 Å². The van der Waals surface area contributed by atoms with Crippen LogP contribution in [-0.2, 0) is 0 Å². The molecule has 0 radical (unpaired) electrons. The summed E-state index contributed by atoms with van der Waals surface area (Å²) in [5.41, 5.74) is 2.28. The van der Waals surface area contributed by atoms with E-state index < -0.39 is 0 Å². The number of hydrogen-bond acceptors (Lipinski definition) is 5. The molecular formula is C21H30N4O. The van der Waals surface area contributed by atoms with Gasteiger partial charge in [0, 0.05) is 50.4 Å². The monoisotopic (exact) mass is 354 g/mol. The van der Waals surface area contributed by atoms with Gasteiger partial charge in [0.05, 0.1) is 0 Å². The Morgan fingerprint density at radius 2 is 1.81 bits per heavy atom. The smallest absolute Gasteiger partial charge is 0.133 e. The second-order valence-electron chi connectivity index (χ2n) is 7.37. The number of hydrogen-bond donors (Lipinski definition) is 0. The summed E-state index contributed by atoms with van der Waals surface area (Å²) in [4.78, 5) is 14.2. The van der Waals surface area contributed by atoms with Crippen molar-refractivity contribution in [3.63, 3.8) is 0 Å². The highest BCUT2D eigenvalue weighted by atomic mass is 16.5. The minimum atomic E-state index is 0.355. The van der Waals surface area contributed by atoms with E-state index in [4.69, 9.17) is 9.72 Å².